The first-order valence-electron chi connectivity index (χ1n) is 7.14. The molecule has 1 amide bonds. The van der Waals surface area contributed by atoms with E-state index in [4.69, 9.17) is 10.00 Å². The summed E-state index contributed by atoms with van der Waals surface area (Å²) in [7, 11) is 0. The van der Waals surface area contributed by atoms with Gasteiger partial charge in [0.25, 0.3) is 0 Å². The van der Waals surface area contributed by atoms with Gasteiger partial charge in [0.2, 0.25) is 5.91 Å². The van der Waals surface area contributed by atoms with E-state index in [-0.39, 0.29) is 11.8 Å². The maximum Gasteiger partial charge on any atom is 0.226 e. The van der Waals surface area contributed by atoms with E-state index in [1.54, 1.807) is 4.90 Å². The summed E-state index contributed by atoms with van der Waals surface area (Å²) in [5.74, 6) is 0.241. The number of ether oxygens (including phenoxy) is 1. The van der Waals surface area contributed by atoms with E-state index in [0.29, 0.717) is 19.7 Å². The average Bonchev–Trinajstić information content (AvgIpc) is 2.53. The van der Waals surface area contributed by atoms with Gasteiger partial charge in [-0.25, -0.2) is 0 Å². The number of amides is 1. The Bertz CT molecular complexity index is 550. The Morgan fingerprint density at radius 3 is 2.95 bits per heavy atom. The molecule has 0 aromatic heterocycles. The molecule has 0 spiro atoms. The Balaban J connectivity index is 1.68. The summed E-state index contributed by atoms with van der Waals surface area (Å²) in [5, 5.41) is 8.92. The largest absolute Gasteiger partial charge is 0.360 e. The summed E-state index contributed by atoms with van der Waals surface area (Å²) >= 11 is 0. The molecule has 0 radical (unpaired) electrons. The van der Waals surface area contributed by atoms with Gasteiger partial charge >= 0.3 is 0 Å². The van der Waals surface area contributed by atoms with E-state index >= 15 is 0 Å². The third kappa shape index (κ3) is 2.54. The standard InChI is InChI=1S/C16H18N2O2/c17-10-15-11-18(7-8-20-15)16(19)14-6-5-12-3-1-2-4-13(12)9-14/h1-4,14-15H,5-9,11H2. The molecule has 2 aliphatic rings. The van der Waals surface area contributed by atoms with Crippen LogP contribution in [0.3, 0.4) is 0 Å². The predicted octanol–water partition coefficient (Wildman–Crippen LogP) is 1.54. The molecule has 1 heterocycles. The minimum atomic E-state index is -0.469. The second kappa shape index (κ2) is 5.64. The normalized spacial score (nSPS) is 25.6. The molecule has 1 fully saturated rings. The van der Waals surface area contributed by atoms with Crippen LogP contribution in [0.15, 0.2) is 24.3 Å². The molecule has 0 N–H and O–H groups in total. The highest BCUT2D eigenvalue weighted by molar-refractivity contribution is 5.79. The third-order valence-corrected chi connectivity index (χ3v) is 4.22. The summed E-state index contributed by atoms with van der Waals surface area (Å²) < 4.78 is 5.30. The van der Waals surface area contributed by atoms with Crippen molar-refractivity contribution in [3.05, 3.63) is 35.4 Å². The van der Waals surface area contributed by atoms with Gasteiger partial charge in [-0.3, -0.25) is 4.79 Å². The molecular formula is C16H18N2O2. The minimum Gasteiger partial charge on any atom is -0.360 e. The van der Waals surface area contributed by atoms with Crippen LogP contribution in [-0.2, 0) is 22.4 Å². The Morgan fingerprint density at radius 1 is 1.35 bits per heavy atom. The lowest BCUT2D eigenvalue weighted by atomic mass is 9.83. The van der Waals surface area contributed by atoms with Gasteiger partial charge in [0, 0.05) is 12.5 Å². The predicted molar refractivity (Wildman–Crippen MR) is 73.9 cm³/mol. The van der Waals surface area contributed by atoms with Gasteiger partial charge in [0.15, 0.2) is 6.10 Å². The summed E-state index contributed by atoms with van der Waals surface area (Å²) in [6.45, 7) is 1.48. The van der Waals surface area contributed by atoms with Gasteiger partial charge in [-0.2, -0.15) is 5.26 Å². The van der Waals surface area contributed by atoms with Crippen LogP contribution in [0.2, 0.25) is 0 Å². The van der Waals surface area contributed by atoms with Gasteiger partial charge in [-0.1, -0.05) is 24.3 Å². The molecule has 2 atom stereocenters. The number of nitrogens with zero attached hydrogens (tertiary/aromatic N) is 2. The second-order valence-electron chi connectivity index (χ2n) is 5.48. The number of hydrogen-bond acceptors (Lipinski definition) is 3. The second-order valence-corrected chi connectivity index (χ2v) is 5.48. The lowest BCUT2D eigenvalue weighted by Gasteiger charge is -2.34. The maximum atomic E-state index is 12.6. The van der Waals surface area contributed by atoms with Gasteiger partial charge in [0.05, 0.1) is 19.2 Å². The number of benzene rings is 1. The van der Waals surface area contributed by atoms with Crippen molar-refractivity contribution in [2.45, 2.75) is 25.4 Å². The molecule has 0 saturated carbocycles. The molecule has 1 aromatic carbocycles. The summed E-state index contributed by atoms with van der Waals surface area (Å²) in [5.41, 5.74) is 2.66. The smallest absolute Gasteiger partial charge is 0.226 e. The van der Waals surface area contributed by atoms with Crippen molar-refractivity contribution in [1.82, 2.24) is 4.90 Å². The fourth-order valence-corrected chi connectivity index (χ4v) is 3.09. The fourth-order valence-electron chi connectivity index (χ4n) is 3.09. The quantitative estimate of drug-likeness (QED) is 0.778. The van der Waals surface area contributed by atoms with Gasteiger partial charge in [-0.15, -0.1) is 0 Å². The van der Waals surface area contributed by atoms with E-state index in [0.717, 1.165) is 19.3 Å². The summed E-state index contributed by atoms with van der Waals surface area (Å²) in [6, 6.07) is 10.4. The van der Waals surface area contributed by atoms with E-state index in [2.05, 4.69) is 24.3 Å². The highest BCUT2D eigenvalue weighted by Gasteiger charge is 2.31. The molecule has 1 aliphatic heterocycles. The number of fused-ring (bicyclic) bond motifs is 1. The van der Waals surface area contributed by atoms with Crippen LogP contribution in [0.25, 0.3) is 0 Å². The summed E-state index contributed by atoms with van der Waals surface area (Å²) in [6.07, 6.45) is 2.23. The number of morpholine rings is 1. The van der Waals surface area contributed by atoms with Crippen molar-refractivity contribution in [2.24, 2.45) is 5.92 Å². The number of aryl methyl sites for hydroxylation is 1. The van der Waals surface area contributed by atoms with Crippen molar-refractivity contribution < 1.29 is 9.53 Å². The lowest BCUT2D eigenvalue weighted by molar-refractivity contribution is -0.141. The zero-order chi connectivity index (χ0) is 13.9. The monoisotopic (exact) mass is 270 g/mol. The molecule has 1 saturated heterocycles. The molecular weight excluding hydrogens is 252 g/mol. The SMILES string of the molecule is N#CC1CN(C(=O)C2CCc3ccccc3C2)CCO1. The molecule has 2 unspecified atom stereocenters. The molecule has 104 valence electrons. The van der Waals surface area contributed by atoms with Crippen molar-refractivity contribution in [1.29, 1.82) is 5.26 Å². The number of carbonyl (C=O) groups excluding carboxylic acids is 1. The van der Waals surface area contributed by atoms with E-state index in [9.17, 15) is 4.79 Å². The van der Waals surface area contributed by atoms with Crippen LogP contribution in [0.5, 0.6) is 0 Å². The first-order valence-corrected chi connectivity index (χ1v) is 7.14. The van der Waals surface area contributed by atoms with Crippen LogP contribution < -0.4 is 0 Å². The fraction of sp³-hybridized carbons (Fsp3) is 0.500. The third-order valence-electron chi connectivity index (χ3n) is 4.22. The molecule has 3 rings (SSSR count). The molecule has 4 nitrogen and oxygen atoms in total. The van der Waals surface area contributed by atoms with E-state index in [1.807, 2.05) is 6.07 Å². The topological polar surface area (TPSA) is 53.3 Å². The zero-order valence-electron chi connectivity index (χ0n) is 11.4. The average molecular weight is 270 g/mol. The minimum absolute atomic E-state index is 0.0577. The molecule has 0 bridgehead atoms. The van der Waals surface area contributed by atoms with E-state index < -0.39 is 6.10 Å². The highest BCUT2D eigenvalue weighted by Crippen LogP contribution is 2.27. The Morgan fingerprint density at radius 2 is 2.15 bits per heavy atom. The van der Waals surface area contributed by atoms with Gasteiger partial charge in [-0.05, 0) is 30.4 Å². The van der Waals surface area contributed by atoms with Crippen molar-refractivity contribution in [3.8, 4) is 6.07 Å². The van der Waals surface area contributed by atoms with Crippen LogP contribution >= 0.6 is 0 Å². The summed E-state index contributed by atoms with van der Waals surface area (Å²) in [4.78, 5) is 14.4. The Labute approximate surface area is 118 Å². The van der Waals surface area contributed by atoms with Crippen molar-refractivity contribution in [2.75, 3.05) is 19.7 Å². The van der Waals surface area contributed by atoms with Gasteiger partial charge < -0.3 is 9.64 Å². The van der Waals surface area contributed by atoms with Crippen LogP contribution in [0, 0.1) is 17.2 Å². The van der Waals surface area contributed by atoms with Crippen molar-refractivity contribution in [3.63, 3.8) is 0 Å². The molecule has 4 heteroatoms. The Hall–Kier alpha value is -1.86. The van der Waals surface area contributed by atoms with Crippen LogP contribution in [0.1, 0.15) is 17.5 Å². The van der Waals surface area contributed by atoms with Crippen molar-refractivity contribution >= 4 is 5.91 Å². The highest BCUT2D eigenvalue weighted by atomic mass is 16.5. The van der Waals surface area contributed by atoms with E-state index in [1.165, 1.54) is 11.1 Å². The molecule has 1 aromatic rings. The number of carbonyl (C=O) groups is 1. The number of rotatable bonds is 1. The first kappa shape index (κ1) is 13.1. The zero-order valence-corrected chi connectivity index (χ0v) is 11.4. The van der Waals surface area contributed by atoms with Gasteiger partial charge in [0.1, 0.15) is 0 Å². The van der Waals surface area contributed by atoms with Crippen LogP contribution in [-0.4, -0.2) is 36.6 Å². The number of nitriles is 1. The molecule has 1 aliphatic carbocycles. The maximum absolute atomic E-state index is 12.6. The Kier molecular flexibility index (Phi) is 3.70. The first-order chi connectivity index (χ1) is 9.78. The lowest BCUT2D eigenvalue weighted by Crippen LogP contribution is -2.48. The number of hydrogen-bond donors (Lipinski definition) is 0. The van der Waals surface area contributed by atoms with Crippen LogP contribution in [0.4, 0.5) is 0 Å². The molecule has 20 heavy (non-hydrogen) atoms.